The molecule has 2 aliphatic rings. The first-order valence-electron chi connectivity index (χ1n) is 12.4. The molecule has 0 radical (unpaired) electrons. The maximum atomic E-state index is 11.8. The summed E-state index contributed by atoms with van der Waals surface area (Å²) >= 11 is 0. The molecule has 2 saturated heterocycles. The van der Waals surface area contributed by atoms with Crippen molar-refractivity contribution in [3.05, 3.63) is 77.9 Å². The Labute approximate surface area is 207 Å². The molecule has 2 aromatic rings. The minimum atomic E-state index is -0.523. The lowest BCUT2D eigenvalue weighted by atomic mass is 9.89. The number of hydrogen-bond acceptors (Lipinski definition) is 6. The first kappa shape index (κ1) is 25.4. The van der Waals surface area contributed by atoms with Crippen molar-refractivity contribution in [1.29, 1.82) is 0 Å². The Hall–Kier alpha value is -2.71. The summed E-state index contributed by atoms with van der Waals surface area (Å²) < 4.78 is 18.0. The Morgan fingerprint density at radius 1 is 1.09 bits per heavy atom. The molecule has 0 saturated carbocycles. The van der Waals surface area contributed by atoms with E-state index in [4.69, 9.17) is 14.2 Å². The van der Waals surface area contributed by atoms with Gasteiger partial charge in [0.25, 0.3) is 0 Å². The largest absolute Gasteiger partial charge is 0.445 e. The van der Waals surface area contributed by atoms with Crippen LogP contribution in [0.15, 0.2) is 61.2 Å². The highest BCUT2D eigenvalue weighted by atomic mass is 16.7. The third-order valence-electron chi connectivity index (χ3n) is 6.77. The van der Waals surface area contributed by atoms with Crippen LogP contribution in [-0.4, -0.2) is 48.4 Å². The van der Waals surface area contributed by atoms with Gasteiger partial charge in [-0.25, -0.2) is 4.79 Å². The van der Waals surface area contributed by atoms with Gasteiger partial charge in [-0.2, -0.15) is 0 Å². The van der Waals surface area contributed by atoms with Crippen LogP contribution in [0.25, 0.3) is 0 Å². The van der Waals surface area contributed by atoms with E-state index in [1.807, 2.05) is 48.5 Å². The Morgan fingerprint density at radius 3 is 2.43 bits per heavy atom. The molecular weight excluding hydrogens is 444 g/mol. The average Bonchev–Trinajstić information content (AvgIpc) is 2.90. The number of hydrogen-bond donors (Lipinski definition) is 2. The highest BCUT2D eigenvalue weighted by Crippen LogP contribution is 2.42. The van der Waals surface area contributed by atoms with E-state index >= 15 is 0 Å². The van der Waals surface area contributed by atoms with Crippen molar-refractivity contribution in [2.45, 2.75) is 51.3 Å². The standard InChI is InChI=1S/C28H36N2O5/c1-3-17-33-28(32)29-24-13-11-23(12-14-24)27-34-25(18-30-15-5-4-6-16-30)20(2)26(35-27)22-9-7-21(19-31)8-10-22/h3,7-14,20,25-27,31H,1,4-6,15-19H2,2H3,(H,29,32). The predicted molar refractivity (Wildman–Crippen MR) is 135 cm³/mol. The maximum Gasteiger partial charge on any atom is 0.411 e. The molecule has 0 bridgehead atoms. The van der Waals surface area contributed by atoms with Crippen molar-refractivity contribution in [2.24, 2.45) is 5.92 Å². The number of amides is 1. The summed E-state index contributed by atoms with van der Waals surface area (Å²) in [5, 5.41) is 12.1. The minimum Gasteiger partial charge on any atom is -0.445 e. The highest BCUT2D eigenvalue weighted by Gasteiger charge is 2.39. The number of likely N-dealkylation sites (tertiary alicyclic amines) is 1. The molecule has 0 aromatic heterocycles. The zero-order chi connectivity index (χ0) is 24.6. The van der Waals surface area contributed by atoms with Crippen LogP contribution in [0, 0.1) is 5.92 Å². The van der Waals surface area contributed by atoms with E-state index in [9.17, 15) is 9.90 Å². The van der Waals surface area contributed by atoms with Crippen molar-refractivity contribution in [1.82, 2.24) is 4.90 Å². The van der Waals surface area contributed by atoms with Gasteiger partial charge in [-0.1, -0.05) is 62.4 Å². The fourth-order valence-electron chi connectivity index (χ4n) is 4.74. The van der Waals surface area contributed by atoms with Gasteiger partial charge in [0.15, 0.2) is 6.29 Å². The zero-order valence-corrected chi connectivity index (χ0v) is 20.4. The third-order valence-corrected chi connectivity index (χ3v) is 6.77. The van der Waals surface area contributed by atoms with E-state index in [1.54, 1.807) is 0 Å². The second-order valence-electron chi connectivity index (χ2n) is 9.32. The van der Waals surface area contributed by atoms with Gasteiger partial charge in [-0.3, -0.25) is 5.32 Å². The fourth-order valence-corrected chi connectivity index (χ4v) is 4.74. The molecular formula is C28H36N2O5. The van der Waals surface area contributed by atoms with Gasteiger partial charge in [0.05, 0.1) is 18.8 Å². The quantitative estimate of drug-likeness (QED) is 0.506. The van der Waals surface area contributed by atoms with E-state index in [-0.39, 0.29) is 31.3 Å². The number of carbonyl (C=O) groups excluding carboxylic acids is 1. The predicted octanol–water partition coefficient (Wildman–Crippen LogP) is 5.19. The highest BCUT2D eigenvalue weighted by molar-refractivity contribution is 5.84. The molecule has 2 N–H and O–H groups in total. The number of benzene rings is 2. The van der Waals surface area contributed by atoms with Crippen LogP contribution in [0.1, 0.15) is 55.3 Å². The normalized spacial score (nSPS) is 25.1. The van der Waals surface area contributed by atoms with Crippen LogP contribution in [0.3, 0.4) is 0 Å². The lowest BCUT2D eigenvalue weighted by molar-refractivity contribution is -0.276. The van der Waals surface area contributed by atoms with Gasteiger partial charge >= 0.3 is 6.09 Å². The number of ether oxygens (including phenoxy) is 3. The zero-order valence-electron chi connectivity index (χ0n) is 20.4. The topological polar surface area (TPSA) is 80.3 Å². The molecule has 188 valence electrons. The van der Waals surface area contributed by atoms with Crippen LogP contribution in [-0.2, 0) is 20.8 Å². The Balaban J connectivity index is 1.51. The second kappa shape index (κ2) is 12.3. The van der Waals surface area contributed by atoms with Crippen LogP contribution in [0.4, 0.5) is 10.5 Å². The SMILES string of the molecule is C=CCOC(=O)Nc1ccc(C2OC(CN3CCCCC3)C(C)C(c3ccc(CO)cc3)O2)cc1. The van der Waals surface area contributed by atoms with Crippen molar-refractivity contribution in [3.8, 4) is 0 Å². The number of carbonyl (C=O) groups is 1. The molecule has 4 rings (SSSR count). The number of aliphatic hydroxyl groups is 1. The molecule has 0 spiro atoms. The molecule has 2 aromatic carbocycles. The monoisotopic (exact) mass is 480 g/mol. The minimum absolute atomic E-state index is 0.0149. The number of nitrogens with zero attached hydrogens (tertiary/aromatic N) is 1. The molecule has 4 unspecified atom stereocenters. The Kier molecular flexibility index (Phi) is 8.93. The first-order valence-corrected chi connectivity index (χ1v) is 12.4. The summed E-state index contributed by atoms with van der Waals surface area (Å²) in [5.41, 5.74) is 3.48. The number of nitrogens with one attached hydrogen (secondary N) is 1. The molecule has 7 nitrogen and oxygen atoms in total. The summed E-state index contributed by atoms with van der Waals surface area (Å²) in [4.78, 5) is 14.3. The number of aliphatic hydroxyl groups excluding tert-OH is 1. The van der Waals surface area contributed by atoms with Crippen molar-refractivity contribution in [2.75, 3.05) is 31.6 Å². The van der Waals surface area contributed by atoms with Gasteiger partial charge in [0, 0.05) is 23.7 Å². The van der Waals surface area contributed by atoms with Gasteiger partial charge in [0.2, 0.25) is 0 Å². The van der Waals surface area contributed by atoms with Crippen molar-refractivity contribution >= 4 is 11.8 Å². The smallest absolute Gasteiger partial charge is 0.411 e. The summed E-state index contributed by atoms with van der Waals surface area (Å²) in [6.07, 6.45) is 4.12. The molecule has 0 aliphatic carbocycles. The van der Waals surface area contributed by atoms with Gasteiger partial charge in [-0.15, -0.1) is 0 Å². The fraction of sp³-hybridized carbons (Fsp3) is 0.464. The molecule has 2 fully saturated rings. The molecule has 1 amide bonds. The van der Waals surface area contributed by atoms with Crippen LogP contribution < -0.4 is 5.32 Å². The first-order chi connectivity index (χ1) is 17.1. The van der Waals surface area contributed by atoms with Crippen LogP contribution in [0.2, 0.25) is 0 Å². The molecule has 7 heteroatoms. The molecule has 35 heavy (non-hydrogen) atoms. The van der Waals surface area contributed by atoms with Crippen LogP contribution in [0.5, 0.6) is 0 Å². The van der Waals surface area contributed by atoms with Gasteiger partial charge in [-0.05, 0) is 49.2 Å². The summed E-state index contributed by atoms with van der Waals surface area (Å²) in [6.45, 7) is 9.00. The van der Waals surface area contributed by atoms with E-state index < -0.39 is 12.4 Å². The van der Waals surface area contributed by atoms with E-state index in [2.05, 4.69) is 23.7 Å². The van der Waals surface area contributed by atoms with E-state index in [1.165, 1.54) is 25.3 Å². The van der Waals surface area contributed by atoms with Crippen molar-refractivity contribution in [3.63, 3.8) is 0 Å². The number of rotatable bonds is 8. The molecule has 2 heterocycles. The van der Waals surface area contributed by atoms with Crippen LogP contribution >= 0.6 is 0 Å². The summed E-state index contributed by atoms with van der Waals surface area (Å²) in [7, 11) is 0. The van der Waals surface area contributed by atoms with Gasteiger partial charge in [0.1, 0.15) is 6.61 Å². The third kappa shape index (κ3) is 6.70. The lowest BCUT2D eigenvalue weighted by Crippen LogP contribution is -2.45. The lowest BCUT2D eigenvalue weighted by Gasteiger charge is -2.43. The van der Waals surface area contributed by atoms with E-state index in [0.29, 0.717) is 5.69 Å². The van der Waals surface area contributed by atoms with E-state index in [0.717, 1.165) is 36.3 Å². The number of anilines is 1. The maximum absolute atomic E-state index is 11.8. The number of piperidine rings is 1. The van der Waals surface area contributed by atoms with Crippen molar-refractivity contribution < 1.29 is 24.1 Å². The average molecular weight is 481 g/mol. The van der Waals surface area contributed by atoms with Gasteiger partial charge < -0.3 is 24.2 Å². The summed E-state index contributed by atoms with van der Waals surface area (Å²) in [6, 6.07) is 15.4. The molecule has 2 aliphatic heterocycles. The molecule has 4 atom stereocenters. The second-order valence-corrected chi connectivity index (χ2v) is 9.32. The Bertz CT molecular complexity index is 956. The Morgan fingerprint density at radius 2 is 1.77 bits per heavy atom. The summed E-state index contributed by atoms with van der Waals surface area (Å²) in [5.74, 6) is 0.161.